The minimum absolute atomic E-state index is 0.0739. The number of aliphatic carboxylic acids is 1. The summed E-state index contributed by atoms with van der Waals surface area (Å²) < 4.78 is 5.59. The van der Waals surface area contributed by atoms with Crippen LogP contribution in [0.2, 0.25) is 0 Å². The molecule has 0 radical (unpaired) electrons. The van der Waals surface area contributed by atoms with Gasteiger partial charge < -0.3 is 20.5 Å². The number of alkyl carbamates (subject to hydrolysis) is 1. The Morgan fingerprint density at radius 2 is 1.53 bits per heavy atom. The fourth-order valence-electron chi connectivity index (χ4n) is 4.31. The van der Waals surface area contributed by atoms with Crippen LogP contribution in [0, 0.1) is 0 Å². The van der Waals surface area contributed by atoms with Gasteiger partial charge in [0.05, 0.1) is 6.42 Å². The second-order valence-corrected chi connectivity index (χ2v) is 8.21. The van der Waals surface area contributed by atoms with Crippen molar-refractivity contribution in [3.8, 4) is 11.1 Å². The van der Waals surface area contributed by atoms with Crippen molar-refractivity contribution in [2.24, 2.45) is 0 Å². The van der Waals surface area contributed by atoms with E-state index in [1.54, 1.807) is 20.8 Å². The van der Waals surface area contributed by atoms with Crippen molar-refractivity contribution in [1.82, 2.24) is 10.6 Å². The van der Waals surface area contributed by atoms with Crippen molar-refractivity contribution >= 4 is 18.0 Å². The highest BCUT2D eigenvalue weighted by Crippen LogP contribution is 2.44. The molecule has 2 aromatic carbocycles. The number of amides is 2. The number of carbonyl (C=O) groups is 3. The van der Waals surface area contributed by atoms with Crippen LogP contribution in [0.5, 0.6) is 0 Å². The second kappa shape index (κ2) is 9.85. The molecule has 2 aromatic rings. The van der Waals surface area contributed by atoms with Gasteiger partial charge in [0, 0.05) is 12.0 Å². The number of rotatable bonds is 9. The summed E-state index contributed by atoms with van der Waals surface area (Å²) in [6, 6.07) is 15.6. The maximum Gasteiger partial charge on any atom is 0.408 e. The molecule has 3 rings (SSSR count). The topological polar surface area (TPSA) is 105 Å². The zero-order valence-corrected chi connectivity index (χ0v) is 18.7. The van der Waals surface area contributed by atoms with Crippen LogP contribution in [0.4, 0.5) is 4.79 Å². The van der Waals surface area contributed by atoms with Gasteiger partial charge in [-0.2, -0.15) is 0 Å². The largest absolute Gasteiger partial charge is 0.481 e. The first kappa shape index (κ1) is 23.3. The minimum Gasteiger partial charge on any atom is -0.481 e. The lowest BCUT2D eigenvalue weighted by atomic mass is 9.91. The van der Waals surface area contributed by atoms with Gasteiger partial charge in [-0.1, -0.05) is 62.4 Å². The van der Waals surface area contributed by atoms with E-state index < -0.39 is 29.6 Å². The van der Waals surface area contributed by atoms with Gasteiger partial charge in [0.2, 0.25) is 5.91 Å². The molecule has 0 heterocycles. The molecule has 7 nitrogen and oxygen atoms in total. The van der Waals surface area contributed by atoms with Crippen molar-refractivity contribution in [3.63, 3.8) is 0 Å². The van der Waals surface area contributed by atoms with Crippen molar-refractivity contribution in [2.75, 3.05) is 6.61 Å². The van der Waals surface area contributed by atoms with E-state index in [0.29, 0.717) is 12.8 Å². The third-order valence-corrected chi connectivity index (χ3v) is 6.19. The van der Waals surface area contributed by atoms with E-state index in [1.807, 2.05) is 36.4 Å². The van der Waals surface area contributed by atoms with Gasteiger partial charge in [-0.25, -0.2) is 4.79 Å². The molecule has 0 unspecified atom stereocenters. The minimum atomic E-state index is -1.17. The SMILES string of the molecule is CCC(CC)(NC(=O)OCC1c2ccccc2-c2ccccc21)C(=O)N[C@H](C)CC(=O)O. The average Bonchev–Trinajstić information content (AvgIpc) is 3.09. The lowest BCUT2D eigenvalue weighted by molar-refractivity contribution is -0.137. The van der Waals surface area contributed by atoms with E-state index in [1.165, 1.54) is 0 Å². The van der Waals surface area contributed by atoms with Gasteiger partial charge in [-0.05, 0) is 42.0 Å². The first-order valence-electron chi connectivity index (χ1n) is 11.0. The Balaban J connectivity index is 1.69. The molecule has 3 N–H and O–H groups in total. The van der Waals surface area contributed by atoms with Gasteiger partial charge in [0.25, 0.3) is 0 Å². The lowest BCUT2D eigenvalue weighted by Crippen LogP contribution is -2.59. The predicted octanol–water partition coefficient (Wildman–Crippen LogP) is 4.06. The van der Waals surface area contributed by atoms with Gasteiger partial charge in [0.15, 0.2) is 0 Å². The second-order valence-electron chi connectivity index (χ2n) is 8.21. The molecule has 0 aliphatic heterocycles. The van der Waals surface area contributed by atoms with Crippen molar-refractivity contribution in [2.45, 2.75) is 57.5 Å². The van der Waals surface area contributed by atoms with Crippen LogP contribution >= 0.6 is 0 Å². The first-order chi connectivity index (χ1) is 15.3. The van der Waals surface area contributed by atoms with E-state index in [2.05, 4.69) is 22.8 Å². The van der Waals surface area contributed by atoms with Crippen molar-refractivity contribution in [1.29, 1.82) is 0 Å². The Morgan fingerprint density at radius 3 is 2.03 bits per heavy atom. The van der Waals surface area contributed by atoms with Crippen LogP contribution in [-0.4, -0.2) is 41.3 Å². The summed E-state index contributed by atoms with van der Waals surface area (Å²) in [5.41, 5.74) is 3.33. The van der Waals surface area contributed by atoms with Gasteiger partial charge in [0.1, 0.15) is 12.1 Å². The van der Waals surface area contributed by atoms with E-state index in [0.717, 1.165) is 22.3 Å². The smallest absolute Gasteiger partial charge is 0.408 e. The Labute approximate surface area is 188 Å². The monoisotopic (exact) mass is 438 g/mol. The maximum absolute atomic E-state index is 12.9. The van der Waals surface area contributed by atoms with E-state index in [-0.39, 0.29) is 18.9 Å². The van der Waals surface area contributed by atoms with Crippen LogP contribution in [0.15, 0.2) is 48.5 Å². The van der Waals surface area contributed by atoms with Crippen LogP contribution < -0.4 is 10.6 Å². The predicted molar refractivity (Wildman–Crippen MR) is 121 cm³/mol. The van der Waals surface area contributed by atoms with E-state index >= 15 is 0 Å². The molecule has 0 bridgehead atoms. The van der Waals surface area contributed by atoms with Crippen molar-refractivity contribution in [3.05, 3.63) is 59.7 Å². The number of nitrogens with one attached hydrogen (secondary N) is 2. The summed E-state index contributed by atoms with van der Waals surface area (Å²) in [4.78, 5) is 36.5. The highest BCUT2D eigenvalue weighted by Gasteiger charge is 2.38. The summed E-state index contributed by atoms with van der Waals surface area (Å²) >= 11 is 0. The van der Waals surface area contributed by atoms with Gasteiger partial charge in [-0.3, -0.25) is 9.59 Å². The molecule has 7 heteroatoms. The molecule has 1 aliphatic carbocycles. The normalized spacial score (nSPS) is 13.6. The van der Waals surface area contributed by atoms with Gasteiger partial charge in [-0.15, -0.1) is 0 Å². The highest BCUT2D eigenvalue weighted by molar-refractivity contribution is 5.90. The van der Waals surface area contributed by atoms with Gasteiger partial charge >= 0.3 is 12.1 Å². The third kappa shape index (κ3) is 4.77. The molecule has 32 heavy (non-hydrogen) atoms. The number of hydrogen-bond donors (Lipinski definition) is 3. The molecular weight excluding hydrogens is 408 g/mol. The summed E-state index contributed by atoms with van der Waals surface area (Å²) in [6.07, 6.45) is -0.171. The summed E-state index contributed by atoms with van der Waals surface area (Å²) in [7, 11) is 0. The standard InChI is InChI=1S/C25H30N2O5/c1-4-25(5-2,23(30)26-16(3)14-22(28)29)27-24(31)32-15-21-19-12-8-6-10-17(19)18-11-7-9-13-20(18)21/h6-13,16,21H,4-5,14-15H2,1-3H3,(H,26,30)(H,27,31)(H,28,29)/t16-/m1/s1. The van der Waals surface area contributed by atoms with Crippen LogP contribution in [-0.2, 0) is 14.3 Å². The number of ether oxygens (including phenoxy) is 1. The molecule has 0 spiro atoms. The third-order valence-electron chi connectivity index (χ3n) is 6.19. The van der Waals surface area contributed by atoms with Crippen LogP contribution in [0.1, 0.15) is 57.1 Å². The Morgan fingerprint density at radius 1 is 1.00 bits per heavy atom. The number of fused-ring (bicyclic) bond motifs is 3. The zero-order valence-electron chi connectivity index (χ0n) is 18.7. The van der Waals surface area contributed by atoms with E-state index in [4.69, 9.17) is 9.84 Å². The Kier molecular flexibility index (Phi) is 7.18. The number of carboxylic acids is 1. The Bertz CT molecular complexity index is 954. The number of hydrogen-bond acceptors (Lipinski definition) is 4. The van der Waals surface area contributed by atoms with Crippen LogP contribution in [0.3, 0.4) is 0 Å². The number of carbonyl (C=O) groups excluding carboxylic acids is 2. The maximum atomic E-state index is 12.9. The first-order valence-corrected chi connectivity index (χ1v) is 11.0. The quantitative estimate of drug-likeness (QED) is 0.548. The summed E-state index contributed by atoms with van der Waals surface area (Å²) in [6.45, 7) is 5.37. The molecule has 2 amide bonds. The number of benzene rings is 2. The fourth-order valence-corrected chi connectivity index (χ4v) is 4.31. The fraction of sp³-hybridized carbons (Fsp3) is 0.400. The molecule has 0 saturated carbocycles. The molecule has 0 aromatic heterocycles. The average molecular weight is 439 g/mol. The summed E-state index contributed by atoms with van der Waals surface area (Å²) in [5.74, 6) is -1.49. The van der Waals surface area contributed by atoms with Crippen LogP contribution in [0.25, 0.3) is 11.1 Å². The zero-order chi connectivity index (χ0) is 23.3. The highest BCUT2D eigenvalue weighted by atomic mass is 16.5. The summed E-state index contributed by atoms with van der Waals surface area (Å²) in [5, 5.41) is 14.4. The lowest BCUT2D eigenvalue weighted by Gasteiger charge is -2.32. The molecule has 1 aliphatic rings. The molecule has 0 saturated heterocycles. The van der Waals surface area contributed by atoms with Crippen molar-refractivity contribution < 1.29 is 24.2 Å². The molecule has 0 fully saturated rings. The molecule has 170 valence electrons. The molecule has 1 atom stereocenters. The van der Waals surface area contributed by atoms with E-state index in [9.17, 15) is 14.4 Å². The molecular formula is C25H30N2O5. The Hall–Kier alpha value is -3.35. The number of carboxylic acid groups (broad SMARTS) is 1.